The normalized spacial score (nSPS) is 10.7. The molecule has 0 saturated carbocycles. The van der Waals surface area contributed by atoms with Gasteiger partial charge in [0.25, 0.3) is 0 Å². The third kappa shape index (κ3) is 1.61. The zero-order valence-electron chi connectivity index (χ0n) is 8.29. The van der Waals surface area contributed by atoms with Crippen LogP contribution in [0, 0.1) is 12.7 Å². The minimum Gasteiger partial charge on any atom is -0.478 e. The van der Waals surface area contributed by atoms with Crippen LogP contribution in [0.5, 0.6) is 0 Å². The van der Waals surface area contributed by atoms with Gasteiger partial charge >= 0.3 is 5.97 Å². The summed E-state index contributed by atoms with van der Waals surface area (Å²) in [7, 11) is 0. The Morgan fingerprint density at radius 3 is 2.81 bits per heavy atom. The zero-order valence-corrected chi connectivity index (χ0v) is 9.05. The highest BCUT2D eigenvalue weighted by molar-refractivity contribution is 6.30. The Bertz CT molecular complexity index is 598. The van der Waals surface area contributed by atoms with Crippen molar-refractivity contribution in [2.45, 2.75) is 6.92 Å². The molecule has 0 saturated heterocycles. The van der Waals surface area contributed by atoms with Crippen molar-refractivity contribution in [1.29, 1.82) is 0 Å². The van der Waals surface area contributed by atoms with Crippen LogP contribution in [0.2, 0.25) is 5.15 Å². The average Bonchev–Trinajstić information content (AvgIpc) is 2.22. The fourth-order valence-electron chi connectivity index (χ4n) is 1.61. The van der Waals surface area contributed by atoms with E-state index in [4.69, 9.17) is 16.7 Å². The number of nitrogens with zero attached hydrogens (tertiary/aromatic N) is 1. The fourth-order valence-corrected chi connectivity index (χ4v) is 1.81. The van der Waals surface area contributed by atoms with Crippen molar-refractivity contribution < 1.29 is 14.3 Å². The molecule has 3 nitrogen and oxygen atoms in total. The van der Waals surface area contributed by atoms with Crippen molar-refractivity contribution in [3.63, 3.8) is 0 Å². The van der Waals surface area contributed by atoms with Crippen LogP contribution in [-0.4, -0.2) is 16.1 Å². The molecule has 2 rings (SSSR count). The zero-order chi connectivity index (χ0) is 11.9. The molecule has 0 bridgehead atoms. The topological polar surface area (TPSA) is 50.2 Å². The molecule has 0 atom stereocenters. The van der Waals surface area contributed by atoms with Crippen molar-refractivity contribution in [1.82, 2.24) is 4.98 Å². The molecule has 1 aromatic heterocycles. The summed E-state index contributed by atoms with van der Waals surface area (Å²) in [6.45, 7) is 1.70. The van der Waals surface area contributed by atoms with Gasteiger partial charge in [0.1, 0.15) is 16.5 Å². The van der Waals surface area contributed by atoms with Gasteiger partial charge in [-0.15, -0.1) is 0 Å². The minimum absolute atomic E-state index is 0.00935. The number of hydrogen-bond donors (Lipinski definition) is 1. The van der Waals surface area contributed by atoms with Gasteiger partial charge in [0.15, 0.2) is 0 Å². The smallest absolute Gasteiger partial charge is 0.336 e. The highest BCUT2D eigenvalue weighted by Gasteiger charge is 2.15. The van der Waals surface area contributed by atoms with Gasteiger partial charge in [-0.05, 0) is 24.6 Å². The molecule has 0 radical (unpaired) electrons. The van der Waals surface area contributed by atoms with Crippen LogP contribution < -0.4 is 0 Å². The molecular weight excluding hydrogens is 233 g/mol. The maximum absolute atomic E-state index is 13.5. The first-order valence-electron chi connectivity index (χ1n) is 4.49. The number of aromatic carboxylic acids is 1. The molecular formula is C11H7ClFNO2. The number of pyridine rings is 1. The van der Waals surface area contributed by atoms with E-state index in [1.54, 1.807) is 6.92 Å². The number of carbonyl (C=O) groups is 1. The quantitative estimate of drug-likeness (QED) is 0.778. The van der Waals surface area contributed by atoms with E-state index in [1.807, 2.05) is 0 Å². The Morgan fingerprint density at radius 1 is 1.50 bits per heavy atom. The number of aryl methyl sites for hydroxylation is 1. The second-order valence-corrected chi connectivity index (χ2v) is 3.77. The van der Waals surface area contributed by atoms with Crippen LogP contribution >= 0.6 is 11.6 Å². The standard InChI is InChI=1S/C11H7ClFNO2/c1-5-2-3-7(13)10-9(5)6(11(15)16)4-8(12)14-10/h2-4H,1H3,(H,15,16). The van der Waals surface area contributed by atoms with Gasteiger partial charge in [0.2, 0.25) is 0 Å². The summed E-state index contributed by atoms with van der Waals surface area (Å²) >= 11 is 5.65. The molecule has 1 N–H and O–H groups in total. The Balaban J connectivity index is 3.00. The second-order valence-electron chi connectivity index (χ2n) is 3.39. The fraction of sp³-hybridized carbons (Fsp3) is 0.0909. The van der Waals surface area contributed by atoms with E-state index in [0.717, 1.165) is 0 Å². The highest BCUT2D eigenvalue weighted by Crippen LogP contribution is 2.26. The number of aromatic nitrogens is 1. The Morgan fingerprint density at radius 2 is 2.19 bits per heavy atom. The summed E-state index contributed by atoms with van der Waals surface area (Å²) in [6.07, 6.45) is 0. The van der Waals surface area contributed by atoms with Crippen LogP contribution in [-0.2, 0) is 0 Å². The first kappa shape index (κ1) is 10.8. The van der Waals surface area contributed by atoms with E-state index < -0.39 is 11.8 Å². The summed E-state index contributed by atoms with van der Waals surface area (Å²) < 4.78 is 13.5. The molecule has 0 aliphatic heterocycles. The lowest BCUT2D eigenvalue weighted by atomic mass is 10.0. The minimum atomic E-state index is -1.15. The Hall–Kier alpha value is -1.68. The summed E-state index contributed by atoms with van der Waals surface area (Å²) in [5.74, 6) is -1.73. The second kappa shape index (κ2) is 3.72. The van der Waals surface area contributed by atoms with E-state index in [9.17, 15) is 9.18 Å². The Labute approximate surface area is 95.5 Å². The molecule has 0 aliphatic carbocycles. The summed E-state index contributed by atoms with van der Waals surface area (Å²) in [4.78, 5) is 14.8. The highest BCUT2D eigenvalue weighted by atomic mass is 35.5. The molecule has 0 amide bonds. The predicted molar refractivity (Wildman–Crippen MR) is 58.4 cm³/mol. The molecule has 82 valence electrons. The molecule has 0 spiro atoms. The molecule has 0 unspecified atom stereocenters. The van der Waals surface area contributed by atoms with Gasteiger partial charge in [-0.25, -0.2) is 14.2 Å². The molecule has 1 aromatic carbocycles. The van der Waals surface area contributed by atoms with Gasteiger partial charge in [-0.3, -0.25) is 0 Å². The van der Waals surface area contributed by atoms with Gasteiger partial charge in [0.05, 0.1) is 5.56 Å². The van der Waals surface area contributed by atoms with Gasteiger partial charge in [-0.2, -0.15) is 0 Å². The maximum Gasteiger partial charge on any atom is 0.336 e. The Kier molecular flexibility index (Phi) is 2.52. The molecule has 1 heterocycles. The third-order valence-electron chi connectivity index (χ3n) is 2.32. The molecule has 5 heteroatoms. The summed E-state index contributed by atoms with van der Waals surface area (Å²) in [5.41, 5.74) is 0.606. The largest absolute Gasteiger partial charge is 0.478 e. The number of fused-ring (bicyclic) bond motifs is 1. The van der Waals surface area contributed by atoms with Crippen molar-refractivity contribution >= 4 is 28.5 Å². The van der Waals surface area contributed by atoms with E-state index in [2.05, 4.69) is 4.98 Å². The first-order chi connectivity index (χ1) is 7.50. The average molecular weight is 240 g/mol. The summed E-state index contributed by atoms with van der Waals surface area (Å²) in [5, 5.41) is 9.27. The number of benzene rings is 1. The first-order valence-corrected chi connectivity index (χ1v) is 4.87. The summed E-state index contributed by atoms with van der Waals surface area (Å²) in [6, 6.07) is 3.98. The van der Waals surface area contributed by atoms with Crippen molar-refractivity contribution in [2.24, 2.45) is 0 Å². The van der Waals surface area contributed by atoms with Crippen molar-refractivity contribution in [3.05, 3.63) is 40.3 Å². The number of hydrogen-bond acceptors (Lipinski definition) is 2. The van der Waals surface area contributed by atoms with E-state index in [0.29, 0.717) is 5.56 Å². The number of halogens is 2. The lowest BCUT2D eigenvalue weighted by Crippen LogP contribution is -2.01. The van der Waals surface area contributed by atoms with E-state index in [1.165, 1.54) is 18.2 Å². The van der Waals surface area contributed by atoms with Crippen LogP contribution in [0.3, 0.4) is 0 Å². The monoisotopic (exact) mass is 239 g/mol. The molecule has 2 aromatic rings. The van der Waals surface area contributed by atoms with Crippen LogP contribution in [0.25, 0.3) is 10.9 Å². The van der Waals surface area contributed by atoms with Crippen LogP contribution in [0.4, 0.5) is 4.39 Å². The van der Waals surface area contributed by atoms with Gasteiger partial charge in [0, 0.05) is 5.39 Å². The van der Waals surface area contributed by atoms with Crippen LogP contribution in [0.15, 0.2) is 18.2 Å². The van der Waals surface area contributed by atoms with Gasteiger partial charge < -0.3 is 5.11 Å². The SMILES string of the molecule is Cc1ccc(F)c2nc(Cl)cc(C(=O)O)c12. The maximum atomic E-state index is 13.5. The third-order valence-corrected chi connectivity index (χ3v) is 2.51. The molecule has 0 fully saturated rings. The number of carboxylic acid groups (broad SMARTS) is 1. The van der Waals surface area contributed by atoms with E-state index in [-0.39, 0.29) is 21.6 Å². The lowest BCUT2D eigenvalue weighted by molar-refractivity contribution is 0.0699. The lowest BCUT2D eigenvalue weighted by Gasteiger charge is -2.06. The molecule has 0 aliphatic rings. The van der Waals surface area contributed by atoms with E-state index >= 15 is 0 Å². The van der Waals surface area contributed by atoms with Gasteiger partial charge in [-0.1, -0.05) is 17.7 Å². The van der Waals surface area contributed by atoms with Crippen molar-refractivity contribution in [2.75, 3.05) is 0 Å². The van der Waals surface area contributed by atoms with Crippen LogP contribution in [0.1, 0.15) is 15.9 Å². The number of rotatable bonds is 1. The van der Waals surface area contributed by atoms with Crippen molar-refractivity contribution in [3.8, 4) is 0 Å². The predicted octanol–water partition coefficient (Wildman–Crippen LogP) is 3.03. The number of carboxylic acids is 1. The molecule has 16 heavy (non-hydrogen) atoms.